The molecule has 1 aromatic rings. The fourth-order valence-corrected chi connectivity index (χ4v) is 1.08. The molecule has 5 heteroatoms. The molecular formula is C10H15N3O2. The van der Waals surface area contributed by atoms with Crippen molar-refractivity contribution in [3.05, 3.63) is 24.3 Å². The molecule has 0 radical (unpaired) electrons. The molecule has 0 aliphatic carbocycles. The van der Waals surface area contributed by atoms with Crippen molar-refractivity contribution in [2.75, 3.05) is 13.2 Å². The Bertz CT molecular complexity index is 290. The topological polar surface area (TPSA) is 64.1 Å². The summed E-state index contributed by atoms with van der Waals surface area (Å²) < 4.78 is 4.79. The first-order valence-corrected chi connectivity index (χ1v) is 4.93. The van der Waals surface area contributed by atoms with Crippen molar-refractivity contribution in [3.63, 3.8) is 0 Å². The summed E-state index contributed by atoms with van der Waals surface area (Å²) in [6.45, 7) is 3.51. The lowest BCUT2D eigenvalue weighted by Gasteiger charge is -2.03. The van der Waals surface area contributed by atoms with E-state index in [2.05, 4.69) is 15.3 Å². The Morgan fingerprint density at radius 2 is 2.20 bits per heavy atom. The van der Waals surface area contributed by atoms with Gasteiger partial charge in [0.25, 0.3) is 0 Å². The molecule has 1 heterocycles. The average Bonchev–Trinajstić information content (AvgIpc) is 2.26. The number of hydrogen-bond donors (Lipinski definition) is 1. The molecule has 0 fully saturated rings. The van der Waals surface area contributed by atoms with Crippen LogP contribution in [0.4, 0.5) is 0 Å². The molecule has 0 aliphatic heterocycles. The van der Waals surface area contributed by atoms with Gasteiger partial charge in [-0.2, -0.15) is 0 Å². The Balaban J connectivity index is 2.10. The van der Waals surface area contributed by atoms with E-state index in [0.29, 0.717) is 26.1 Å². The standard InChI is InChI=1S/C10H15N3O2/c1-2-15-10(14)3-4-11-5-9-6-12-8-13-7-9/h6-8,11H,2-5H2,1H3. The number of nitrogens with one attached hydrogen (secondary N) is 1. The molecule has 5 nitrogen and oxygen atoms in total. The molecule has 0 aliphatic rings. The minimum absolute atomic E-state index is 0.172. The predicted molar refractivity (Wildman–Crippen MR) is 55.0 cm³/mol. The first-order valence-electron chi connectivity index (χ1n) is 4.93. The molecule has 0 aromatic carbocycles. The lowest BCUT2D eigenvalue weighted by Crippen LogP contribution is -2.19. The van der Waals surface area contributed by atoms with Crippen molar-refractivity contribution in [1.29, 1.82) is 0 Å². The SMILES string of the molecule is CCOC(=O)CCNCc1cncnc1. The summed E-state index contributed by atoms with van der Waals surface area (Å²) in [5, 5.41) is 3.11. The minimum atomic E-state index is -0.172. The van der Waals surface area contributed by atoms with Crippen molar-refractivity contribution in [2.45, 2.75) is 19.9 Å². The number of ether oxygens (including phenoxy) is 1. The Kier molecular flexibility index (Phi) is 5.32. The number of carbonyl (C=O) groups excluding carboxylic acids is 1. The van der Waals surface area contributed by atoms with Gasteiger partial charge in [0.1, 0.15) is 6.33 Å². The largest absolute Gasteiger partial charge is 0.466 e. The van der Waals surface area contributed by atoms with Crippen LogP contribution in [0.2, 0.25) is 0 Å². The van der Waals surface area contributed by atoms with E-state index in [1.807, 2.05) is 0 Å². The van der Waals surface area contributed by atoms with Crippen molar-refractivity contribution < 1.29 is 9.53 Å². The minimum Gasteiger partial charge on any atom is -0.466 e. The summed E-state index contributed by atoms with van der Waals surface area (Å²) >= 11 is 0. The van der Waals surface area contributed by atoms with Gasteiger partial charge in [0.15, 0.2) is 0 Å². The van der Waals surface area contributed by atoms with Gasteiger partial charge in [-0.15, -0.1) is 0 Å². The van der Waals surface area contributed by atoms with E-state index in [-0.39, 0.29) is 5.97 Å². The maximum absolute atomic E-state index is 11.0. The fraction of sp³-hybridized carbons (Fsp3) is 0.500. The third-order valence-electron chi connectivity index (χ3n) is 1.75. The van der Waals surface area contributed by atoms with Gasteiger partial charge in [-0.1, -0.05) is 0 Å². The molecular weight excluding hydrogens is 194 g/mol. The summed E-state index contributed by atoms with van der Waals surface area (Å²) in [6.07, 6.45) is 5.36. The highest BCUT2D eigenvalue weighted by Crippen LogP contribution is 1.92. The second-order valence-corrected chi connectivity index (χ2v) is 2.98. The zero-order valence-corrected chi connectivity index (χ0v) is 8.77. The zero-order chi connectivity index (χ0) is 10.9. The molecule has 0 spiro atoms. The van der Waals surface area contributed by atoms with Crippen LogP contribution in [-0.4, -0.2) is 29.1 Å². The second kappa shape index (κ2) is 6.89. The van der Waals surface area contributed by atoms with Crippen LogP contribution in [-0.2, 0) is 16.1 Å². The first kappa shape index (κ1) is 11.6. The van der Waals surface area contributed by atoms with E-state index in [4.69, 9.17) is 4.74 Å². The third kappa shape index (κ3) is 5.07. The maximum Gasteiger partial charge on any atom is 0.307 e. The Labute approximate surface area is 88.9 Å². The quantitative estimate of drug-likeness (QED) is 0.546. The number of esters is 1. The molecule has 1 aromatic heterocycles. The molecule has 0 unspecified atom stereocenters. The normalized spacial score (nSPS) is 9.93. The zero-order valence-electron chi connectivity index (χ0n) is 8.77. The van der Waals surface area contributed by atoms with Crippen LogP contribution >= 0.6 is 0 Å². The van der Waals surface area contributed by atoms with Crippen LogP contribution in [0.25, 0.3) is 0 Å². The van der Waals surface area contributed by atoms with Gasteiger partial charge in [0.05, 0.1) is 13.0 Å². The monoisotopic (exact) mass is 209 g/mol. The van der Waals surface area contributed by atoms with E-state index in [9.17, 15) is 4.79 Å². The molecule has 0 atom stereocenters. The molecule has 0 bridgehead atoms. The molecule has 0 saturated heterocycles. The van der Waals surface area contributed by atoms with Gasteiger partial charge in [-0.25, -0.2) is 9.97 Å². The molecule has 82 valence electrons. The van der Waals surface area contributed by atoms with Gasteiger partial charge in [-0.05, 0) is 6.92 Å². The Morgan fingerprint density at radius 1 is 1.47 bits per heavy atom. The van der Waals surface area contributed by atoms with Crippen LogP contribution in [0.1, 0.15) is 18.9 Å². The summed E-state index contributed by atoms with van der Waals surface area (Å²) in [4.78, 5) is 18.7. The predicted octanol–water partition coefficient (Wildman–Crippen LogP) is 0.519. The highest BCUT2D eigenvalue weighted by molar-refractivity contribution is 5.69. The number of hydrogen-bond acceptors (Lipinski definition) is 5. The van der Waals surface area contributed by atoms with E-state index in [0.717, 1.165) is 5.56 Å². The number of rotatable bonds is 6. The van der Waals surface area contributed by atoms with Crippen LogP contribution in [0.3, 0.4) is 0 Å². The van der Waals surface area contributed by atoms with E-state index in [1.165, 1.54) is 6.33 Å². The second-order valence-electron chi connectivity index (χ2n) is 2.98. The fourth-order valence-electron chi connectivity index (χ4n) is 1.08. The summed E-state index contributed by atoms with van der Waals surface area (Å²) in [5.74, 6) is -0.172. The number of carbonyl (C=O) groups is 1. The van der Waals surface area contributed by atoms with E-state index < -0.39 is 0 Å². The average molecular weight is 209 g/mol. The Morgan fingerprint density at radius 3 is 2.87 bits per heavy atom. The lowest BCUT2D eigenvalue weighted by atomic mass is 10.3. The summed E-state index contributed by atoms with van der Waals surface area (Å²) in [7, 11) is 0. The van der Waals surface area contributed by atoms with E-state index in [1.54, 1.807) is 19.3 Å². The molecule has 0 amide bonds. The summed E-state index contributed by atoms with van der Waals surface area (Å²) in [6, 6.07) is 0. The summed E-state index contributed by atoms with van der Waals surface area (Å²) in [5.41, 5.74) is 1.00. The van der Waals surface area contributed by atoms with Crippen LogP contribution in [0.15, 0.2) is 18.7 Å². The highest BCUT2D eigenvalue weighted by atomic mass is 16.5. The highest BCUT2D eigenvalue weighted by Gasteiger charge is 2.00. The molecule has 1 N–H and O–H groups in total. The smallest absolute Gasteiger partial charge is 0.307 e. The first-order chi connectivity index (χ1) is 7.33. The van der Waals surface area contributed by atoms with Crippen molar-refractivity contribution in [1.82, 2.24) is 15.3 Å². The van der Waals surface area contributed by atoms with Crippen molar-refractivity contribution in [2.24, 2.45) is 0 Å². The van der Waals surface area contributed by atoms with Gasteiger partial charge >= 0.3 is 5.97 Å². The molecule has 15 heavy (non-hydrogen) atoms. The van der Waals surface area contributed by atoms with Crippen molar-refractivity contribution >= 4 is 5.97 Å². The molecule has 1 rings (SSSR count). The molecule has 0 saturated carbocycles. The van der Waals surface area contributed by atoms with Gasteiger partial charge in [-0.3, -0.25) is 4.79 Å². The van der Waals surface area contributed by atoms with Crippen LogP contribution < -0.4 is 5.32 Å². The van der Waals surface area contributed by atoms with Gasteiger partial charge in [0.2, 0.25) is 0 Å². The Hall–Kier alpha value is -1.49. The maximum atomic E-state index is 11.0. The van der Waals surface area contributed by atoms with Crippen molar-refractivity contribution in [3.8, 4) is 0 Å². The van der Waals surface area contributed by atoms with Crippen LogP contribution in [0.5, 0.6) is 0 Å². The lowest BCUT2D eigenvalue weighted by molar-refractivity contribution is -0.142. The van der Waals surface area contributed by atoms with E-state index >= 15 is 0 Å². The van der Waals surface area contributed by atoms with Gasteiger partial charge in [0, 0.05) is 31.0 Å². The number of aromatic nitrogens is 2. The van der Waals surface area contributed by atoms with Gasteiger partial charge < -0.3 is 10.1 Å². The van der Waals surface area contributed by atoms with Crippen LogP contribution in [0, 0.1) is 0 Å². The third-order valence-corrected chi connectivity index (χ3v) is 1.75. The number of nitrogens with zero attached hydrogens (tertiary/aromatic N) is 2.